The minimum atomic E-state index is -0.136. The molecule has 2 rings (SSSR count). The van der Waals surface area contributed by atoms with Crippen molar-refractivity contribution in [1.29, 1.82) is 0 Å². The molecule has 0 spiro atoms. The minimum absolute atomic E-state index is 0.0148. The Kier molecular flexibility index (Phi) is 3.78. The van der Waals surface area contributed by atoms with Gasteiger partial charge < -0.3 is 14.5 Å². The number of hydrogen-bond donors (Lipinski definition) is 1. The van der Waals surface area contributed by atoms with Crippen molar-refractivity contribution in [2.45, 2.75) is 38.6 Å². The Morgan fingerprint density at radius 1 is 1.59 bits per heavy atom. The van der Waals surface area contributed by atoms with E-state index in [9.17, 15) is 4.79 Å². The van der Waals surface area contributed by atoms with E-state index in [-0.39, 0.29) is 18.6 Å². The van der Waals surface area contributed by atoms with Gasteiger partial charge in [0.15, 0.2) is 5.69 Å². The number of nitrogens with zero attached hydrogens (tertiary/aromatic N) is 2. The van der Waals surface area contributed by atoms with Gasteiger partial charge in [0.05, 0.1) is 6.61 Å². The van der Waals surface area contributed by atoms with Gasteiger partial charge in [-0.05, 0) is 19.8 Å². The molecule has 0 saturated heterocycles. The molecule has 17 heavy (non-hydrogen) atoms. The lowest BCUT2D eigenvalue weighted by Crippen LogP contribution is -2.40. The second kappa shape index (κ2) is 5.31. The van der Waals surface area contributed by atoms with Crippen molar-refractivity contribution in [3.05, 3.63) is 17.5 Å². The van der Waals surface area contributed by atoms with Gasteiger partial charge in [0.2, 0.25) is 0 Å². The fourth-order valence-electron chi connectivity index (χ4n) is 2.39. The fraction of sp³-hybridized carbons (Fsp3) is 0.667. The number of aliphatic hydroxyl groups excluding tert-OH is 1. The van der Waals surface area contributed by atoms with Gasteiger partial charge in [0, 0.05) is 18.7 Å². The Morgan fingerprint density at radius 3 is 2.82 bits per heavy atom. The maximum Gasteiger partial charge on any atom is 0.276 e. The Labute approximate surface area is 100 Å². The molecule has 0 aromatic carbocycles. The van der Waals surface area contributed by atoms with Gasteiger partial charge in [0.25, 0.3) is 5.91 Å². The number of amides is 1. The summed E-state index contributed by atoms with van der Waals surface area (Å²) in [5.74, 6) is 0.492. The van der Waals surface area contributed by atoms with Crippen molar-refractivity contribution in [2.75, 3.05) is 13.2 Å². The van der Waals surface area contributed by atoms with Crippen molar-refractivity contribution in [3.8, 4) is 0 Å². The van der Waals surface area contributed by atoms with E-state index < -0.39 is 0 Å². The lowest BCUT2D eigenvalue weighted by atomic mass is 10.2. The molecule has 0 radical (unpaired) electrons. The maximum atomic E-state index is 12.2. The molecular weight excluding hydrogens is 220 g/mol. The summed E-state index contributed by atoms with van der Waals surface area (Å²) in [6, 6.07) is 1.88. The van der Waals surface area contributed by atoms with E-state index in [0.29, 0.717) is 18.0 Å². The van der Waals surface area contributed by atoms with E-state index in [1.807, 2.05) is 0 Å². The third-order valence-electron chi connectivity index (χ3n) is 3.21. The van der Waals surface area contributed by atoms with E-state index in [1.165, 1.54) is 0 Å². The molecule has 0 atom stereocenters. The molecule has 1 saturated carbocycles. The largest absolute Gasteiger partial charge is 0.395 e. The highest BCUT2D eigenvalue weighted by Gasteiger charge is 2.28. The molecule has 1 aliphatic rings. The second-order valence-electron chi connectivity index (χ2n) is 4.48. The molecule has 0 unspecified atom stereocenters. The summed E-state index contributed by atoms with van der Waals surface area (Å²) in [5, 5.41) is 12.8. The van der Waals surface area contributed by atoms with Gasteiger partial charge in [-0.3, -0.25) is 4.79 Å². The van der Waals surface area contributed by atoms with Crippen LogP contribution in [-0.2, 0) is 0 Å². The molecule has 94 valence electrons. The molecule has 1 amide bonds. The topological polar surface area (TPSA) is 66.6 Å². The van der Waals surface area contributed by atoms with Gasteiger partial charge >= 0.3 is 0 Å². The molecule has 1 aromatic rings. The van der Waals surface area contributed by atoms with Gasteiger partial charge in [-0.25, -0.2) is 0 Å². The number of carbonyl (C=O) groups is 1. The predicted molar refractivity (Wildman–Crippen MR) is 61.6 cm³/mol. The standard InChI is InChI=1S/C12H18N2O3/c1-9-8-11(13-17-9)12(16)14(6-7-15)10-4-2-3-5-10/h8,10,15H,2-7H2,1H3. The van der Waals surface area contributed by atoms with Crippen LogP contribution in [0.4, 0.5) is 0 Å². The van der Waals surface area contributed by atoms with E-state index in [2.05, 4.69) is 5.16 Å². The Morgan fingerprint density at radius 2 is 2.29 bits per heavy atom. The number of aliphatic hydroxyl groups is 1. The second-order valence-corrected chi connectivity index (χ2v) is 4.48. The molecule has 5 heteroatoms. The highest BCUT2D eigenvalue weighted by Crippen LogP contribution is 2.24. The average molecular weight is 238 g/mol. The molecular formula is C12H18N2O3. The average Bonchev–Trinajstić information content (AvgIpc) is 2.95. The normalized spacial score (nSPS) is 16.4. The number of hydrogen-bond acceptors (Lipinski definition) is 4. The zero-order valence-corrected chi connectivity index (χ0v) is 10.1. The Hall–Kier alpha value is -1.36. The summed E-state index contributed by atoms with van der Waals surface area (Å²) in [6.07, 6.45) is 4.33. The first-order valence-corrected chi connectivity index (χ1v) is 6.07. The summed E-state index contributed by atoms with van der Waals surface area (Å²) < 4.78 is 4.92. The van der Waals surface area contributed by atoms with Crippen LogP contribution in [0.5, 0.6) is 0 Å². The van der Waals surface area contributed by atoms with Crippen LogP contribution in [0.15, 0.2) is 10.6 Å². The van der Waals surface area contributed by atoms with Crippen molar-refractivity contribution < 1.29 is 14.4 Å². The van der Waals surface area contributed by atoms with Crippen LogP contribution in [0.1, 0.15) is 41.9 Å². The summed E-state index contributed by atoms with van der Waals surface area (Å²) in [4.78, 5) is 14.0. The SMILES string of the molecule is Cc1cc(C(=O)N(CCO)C2CCCC2)no1. The third-order valence-corrected chi connectivity index (χ3v) is 3.21. The number of aromatic nitrogens is 1. The van der Waals surface area contributed by atoms with Crippen molar-refractivity contribution >= 4 is 5.91 Å². The van der Waals surface area contributed by atoms with Crippen LogP contribution in [0.25, 0.3) is 0 Å². The van der Waals surface area contributed by atoms with Crippen molar-refractivity contribution in [3.63, 3.8) is 0 Å². The summed E-state index contributed by atoms with van der Waals surface area (Å²) in [6.45, 7) is 2.12. The molecule has 1 aromatic heterocycles. The molecule has 1 heterocycles. The van der Waals surface area contributed by atoms with E-state index >= 15 is 0 Å². The van der Waals surface area contributed by atoms with Crippen molar-refractivity contribution in [1.82, 2.24) is 10.1 Å². The van der Waals surface area contributed by atoms with Gasteiger partial charge in [-0.15, -0.1) is 0 Å². The molecule has 5 nitrogen and oxygen atoms in total. The van der Waals surface area contributed by atoms with Gasteiger partial charge in [0.1, 0.15) is 5.76 Å². The molecule has 0 aliphatic heterocycles. The molecule has 0 bridgehead atoms. The molecule has 1 N–H and O–H groups in total. The Bertz CT molecular complexity index is 383. The van der Waals surface area contributed by atoms with Crippen LogP contribution in [-0.4, -0.2) is 40.3 Å². The number of aryl methyl sites for hydroxylation is 1. The summed E-state index contributed by atoms with van der Waals surface area (Å²) in [5.41, 5.74) is 0.336. The maximum absolute atomic E-state index is 12.2. The van der Waals surface area contributed by atoms with Crippen LogP contribution in [0, 0.1) is 6.92 Å². The quantitative estimate of drug-likeness (QED) is 0.860. The monoisotopic (exact) mass is 238 g/mol. The fourth-order valence-corrected chi connectivity index (χ4v) is 2.39. The molecule has 1 aliphatic carbocycles. The van der Waals surface area contributed by atoms with Crippen LogP contribution >= 0.6 is 0 Å². The van der Waals surface area contributed by atoms with Crippen molar-refractivity contribution in [2.24, 2.45) is 0 Å². The number of carbonyl (C=O) groups excluding carboxylic acids is 1. The van der Waals surface area contributed by atoms with Gasteiger partial charge in [-0.1, -0.05) is 18.0 Å². The van der Waals surface area contributed by atoms with E-state index in [4.69, 9.17) is 9.63 Å². The highest BCUT2D eigenvalue weighted by molar-refractivity contribution is 5.92. The van der Waals surface area contributed by atoms with Gasteiger partial charge in [-0.2, -0.15) is 0 Å². The summed E-state index contributed by atoms with van der Waals surface area (Å²) >= 11 is 0. The zero-order valence-electron chi connectivity index (χ0n) is 10.1. The van der Waals surface area contributed by atoms with E-state index in [1.54, 1.807) is 17.9 Å². The first kappa shape index (κ1) is 12.1. The Balaban J connectivity index is 2.12. The highest BCUT2D eigenvalue weighted by atomic mass is 16.5. The zero-order chi connectivity index (χ0) is 12.3. The van der Waals surface area contributed by atoms with Crippen LogP contribution in [0.2, 0.25) is 0 Å². The van der Waals surface area contributed by atoms with E-state index in [0.717, 1.165) is 25.7 Å². The lowest BCUT2D eigenvalue weighted by Gasteiger charge is -2.27. The first-order valence-electron chi connectivity index (χ1n) is 6.07. The minimum Gasteiger partial charge on any atom is -0.395 e. The number of rotatable bonds is 4. The predicted octanol–water partition coefficient (Wildman–Crippen LogP) is 1.36. The molecule has 1 fully saturated rings. The first-order chi connectivity index (χ1) is 8.22. The van der Waals surface area contributed by atoms with Crippen LogP contribution in [0.3, 0.4) is 0 Å². The smallest absolute Gasteiger partial charge is 0.276 e. The van der Waals surface area contributed by atoms with Crippen LogP contribution < -0.4 is 0 Å². The summed E-state index contributed by atoms with van der Waals surface area (Å²) in [7, 11) is 0. The lowest BCUT2D eigenvalue weighted by molar-refractivity contribution is 0.0627. The third kappa shape index (κ3) is 2.66.